The largest absolute Gasteiger partial charge is 0.322 e. The van der Waals surface area contributed by atoms with Crippen LogP contribution in [0.25, 0.3) is 10.9 Å². The van der Waals surface area contributed by atoms with E-state index in [4.69, 9.17) is 0 Å². The molecule has 1 fully saturated rings. The van der Waals surface area contributed by atoms with Crippen LogP contribution in [0.2, 0.25) is 0 Å². The number of aromatic nitrogens is 1. The summed E-state index contributed by atoms with van der Waals surface area (Å²) in [6.07, 6.45) is 1.86. The Morgan fingerprint density at radius 2 is 1.91 bits per heavy atom. The molecule has 0 spiro atoms. The zero-order valence-corrected chi connectivity index (χ0v) is 14.7. The lowest BCUT2D eigenvalue weighted by atomic mass is 9.99. The third-order valence-corrected chi connectivity index (χ3v) is 4.69. The second kappa shape index (κ2) is 7.95. The molecule has 2 aromatic rings. The van der Waals surface area contributed by atoms with Crippen LogP contribution in [0.1, 0.15) is 37.4 Å². The fourth-order valence-electron chi connectivity index (χ4n) is 3.43. The standard InChI is InChI=1S/C18H25N3O.ClH/c1-3-13-11-14-5-6-15(12-16(14)20-18(13)22)17(4-2)21-9-7-19-8-10-21;/h5-6,11-12,17,19H,3-4,7-10H2,1-2H3,(H,20,22);1H. The summed E-state index contributed by atoms with van der Waals surface area (Å²) in [6, 6.07) is 8.97. The van der Waals surface area contributed by atoms with Gasteiger partial charge >= 0.3 is 0 Å². The number of fused-ring (bicyclic) bond motifs is 1. The summed E-state index contributed by atoms with van der Waals surface area (Å²) in [6.45, 7) is 8.54. The number of halogens is 1. The maximum Gasteiger partial charge on any atom is 0.251 e. The lowest BCUT2D eigenvalue weighted by Crippen LogP contribution is -2.45. The normalized spacial score (nSPS) is 17.0. The zero-order chi connectivity index (χ0) is 15.5. The summed E-state index contributed by atoms with van der Waals surface area (Å²) in [5, 5.41) is 4.53. The summed E-state index contributed by atoms with van der Waals surface area (Å²) < 4.78 is 0. The summed E-state index contributed by atoms with van der Waals surface area (Å²) in [4.78, 5) is 17.6. The van der Waals surface area contributed by atoms with Gasteiger partial charge in [0.25, 0.3) is 5.56 Å². The van der Waals surface area contributed by atoms with E-state index in [2.05, 4.69) is 40.3 Å². The third kappa shape index (κ3) is 3.77. The lowest BCUT2D eigenvalue weighted by Gasteiger charge is -2.34. The van der Waals surface area contributed by atoms with E-state index in [9.17, 15) is 4.79 Å². The van der Waals surface area contributed by atoms with E-state index in [1.807, 2.05) is 13.0 Å². The highest BCUT2D eigenvalue weighted by Crippen LogP contribution is 2.26. The Kier molecular flexibility index (Phi) is 6.22. The predicted molar refractivity (Wildman–Crippen MR) is 98.7 cm³/mol. The van der Waals surface area contributed by atoms with Crippen molar-refractivity contribution in [1.82, 2.24) is 15.2 Å². The third-order valence-electron chi connectivity index (χ3n) is 4.69. The van der Waals surface area contributed by atoms with Gasteiger partial charge in [0.05, 0.1) is 0 Å². The van der Waals surface area contributed by atoms with Crippen molar-refractivity contribution in [3.05, 3.63) is 45.7 Å². The van der Waals surface area contributed by atoms with Crippen molar-refractivity contribution in [2.45, 2.75) is 32.7 Å². The predicted octanol–water partition coefficient (Wildman–Crippen LogP) is 2.87. The molecule has 1 saturated heterocycles. The van der Waals surface area contributed by atoms with E-state index < -0.39 is 0 Å². The van der Waals surface area contributed by atoms with Crippen molar-refractivity contribution < 1.29 is 0 Å². The first-order valence-corrected chi connectivity index (χ1v) is 8.33. The highest BCUT2D eigenvalue weighted by atomic mass is 35.5. The van der Waals surface area contributed by atoms with E-state index in [1.165, 1.54) is 5.56 Å². The number of piperazine rings is 1. The van der Waals surface area contributed by atoms with Crippen LogP contribution in [0.4, 0.5) is 0 Å². The number of pyridine rings is 1. The minimum absolute atomic E-state index is 0. The summed E-state index contributed by atoms with van der Waals surface area (Å²) in [7, 11) is 0. The molecule has 5 heteroatoms. The maximum atomic E-state index is 12.0. The molecule has 1 aliphatic rings. The van der Waals surface area contributed by atoms with Gasteiger partial charge in [-0.05, 0) is 35.9 Å². The minimum atomic E-state index is 0. The van der Waals surface area contributed by atoms with Crippen molar-refractivity contribution in [2.24, 2.45) is 0 Å². The Labute approximate surface area is 143 Å². The number of H-pyrrole nitrogens is 1. The molecule has 0 bridgehead atoms. The Bertz CT molecular complexity index is 707. The van der Waals surface area contributed by atoms with E-state index >= 15 is 0 Å². The van der Waals surface area contributed by atoms with Gasteiger partial charge in [0.15, 0.2) is 0 Å². The Hall–Kier alpha value is -1.36. The van der Waals surface area contributed by atoms with Gasteiger partial charge in [0.1, 0.15) is 0 Å². The SMILES string of the molecule is CCc1cc2ccc(C(CC)N3CCNCC3)cc2[nH]c1=O.Cl. The highest BCUT2D eigenvalue weighted by molar-refractivity contribution is 5.85. The van der Waals surface area contributed by atoms with Crippen LogP contribution in [0.5, 0.6) is 0 Å². The van der Waals surface area contributed by atoms with Gasteiger partial charge in [-0.2, -0.15) is 0 Å². The number of benzene rings is 1. The number of rotatable bonds is 4. The number of nitrogens with one attached hydrogen (secondary N) is 2. The highest BCUT2D eigenvalue weighted by Gasteiger charge is 2.20. The summed E-state index contributed by atoms with van der Waals surface area (Å²) in [5.74, 6) is 0. The second-order valence-corrected chi connectivity index (χ2v) is 6.03. The molecule has 3 rings (SSSR count). The van der Waals surface area contributed by atoms with Crippen LogP contribution in [-0.2, 0) is 6.42 Å². The molecule has 1 aromatic carbocycles. The Morgan fingerprint density at radius 3 is 2.57 bits per heavy atom. The molecule has 23 heavy (non-hydrogen) atoms. The molecule has 0 amide bonds. The van der Waals surface area contributed by atoms with Gasteiger partial charge < -0.3 is 10.3 Å². The van der Waals surface area contributed by atoms with Crippen LogP contribution in [-0.4, -0.2) is 36.1 Å². The first kappa shape index (κ1) is 18.0. The van der Waals surface area contributed by atoms with Crippen molar-refractivity contribution in [3.8, 4) is 0 Å². The fraction of sp³-hybridized carbons (Fsp3) is 0.500. The average Bonchev–Trinajstić information content (AvgIpc) is 2.56. The number of aromatic amines is 1. The van der Waals surface area contributed by atoms with Crippen molar-refractivity contribution >= 4 is 23.3 Å². The summed E-state index contributed by atoms with van der Waals surface area (Å²) >= 11 is 0. The first-order chi connectivity index (χ1) is 10.7. The molecule has 1 atom stereocenters. The topological polar surface area (TPSA) is 48.1 Å². The zero-order valence-electron chi connectivity index (χ0n) is 13.9. The van der Waals surface area contributed by atoms with E-state index in [0.29, 0.717) is 6.04 Å². The molecule has 2 N–H and O–H groups in total. The van der Waals surface area contributed by atoms with Crippen molar-refractivity contribution in [3.63, 3.8) is 0 Å². The fourth-order valence-corrected chi connectivity index (χ4v) is 3.43. The molecule has 1 unspecified atom stereocenters. The first-order valence-electron chi connectivity index (χ1n) is 8.33. The number of aryl methyl sites for hydroxylation is 1. The quantitative estimate of drug-likeness (QED) is 0.903. The van der Waals surface area contributed by atoms with Crippen LogP contribution < -0.4 is 10.9 Å². The molecule has 2 heterocycles. The molecule has 1 aliphatic heterocycles. The van der Waals surface area contributed by atoms with Gasteiger partial charge in [-0.25, -0.2) is 0 Å². The molecule has 0 radical (unpaired) electrons. The van der Waals surface area contributed by atoms with Crippen LogP contribution >= 0.6 is 12.4 Å². The second-order valence-electron chi connectivity index (χ2n) is 6.03. The average molecular weight is 336 g/mol. The van der Waals surface area contributed by atoms with Gasteiger partial charge in [0.2, 0.25) is 0 Å². The minimum Gasteiger partial charge on any atom is -0.322 e. The van der Waals surface area contributed by atoms with Crippen molar-refractivity contribution in [2.75, 3.05) is 26.2 Å². The molecule has 1 aromatic heterocycles. The van der Waals surface area contributed by atoms with Crippen LogP contribution in [0, 0.1) is 0 Å². The number of nitrogens with zero attached hydrogens (tertiary/aromatic N) is 1. The lowest BCUT2D eigenvalue weighted by molar-refractivity contribution is 0.169. The van der Waals surface area contributed by atoms with E-state index in [1.54, 1.807) is 0 Å². The smallest absolute Gasteiger partial charge is 0.251 e. The monoisotopic (exact) mass is 335 g/mol. The molecular weight excluding hydrogens is 310 g/mol. The molecule has 4 nitrogen and oxygen atoms in total. The number of hydrogen-bond acceptors (Lipinski definition) is 3. The van der Waals surface area contributed by atoms with E-state index in [0.717, 1.165) is 55.5 Å². The van der Waals surface area contributed by atoms with Gasteiger partial charge in [0, 0.05) is 43.3 Å². The van der Waals surface area contributed by atoms with E-state index in [-0.39, 0.29) is 18.0 Å². The molecular formula is C18H26ClN3O. The van der Waals surface area contributed by atoms with Gasteiger partial charge in [-0.1, -0.05) is 26.0 Å². The molecule has 0 saturated carbocycles. The van der Waals surface area contributed by atoms with Crippen LogP contribution in [0.3, 0.4) is 0 Å². The van der Waals surface area contributed by atoms with Crippen LogP contribution in [0.15, 0.2) is 29.1 Å². The van der Waals surface area contributed by atoms with Gasteiger partial charge in [-0.15, -0.1) is 12.4 Å². The van der Waals surface area contributed by atoms with Crippen molar-refractivity contribution in [1.29, 1.82) is 0 Å². The maximum absolute atomic E-state index is 12.0. The Morgan fingerprint density at radius 1 is 1.17 bits per heavy atom. The van der Waals surface area contributed by atoms with Gasteiger partial charge in [-0.3, -0.25) is 9.69 Å². The number of hydrogen-bond donors (Lipinski definition) is 2. The molecule has 126 valence electrons. The Balaban J connectivity index is 0.00000192. The summed E-state index contributed by atoms with van der Waals surface area (Å²) in [5.41, 5.74) is 3.15. The molecule has 0 aliphatic carbocycles.